The van der Waals surface area contributed by atoms with E-state index < -0.39 is 12.2 Å². The molecule has 4 N–H and O–H groups in total. The third-order valence-electron chi connectivity index (χ3n) is 3.88. The van der Waals surface area contributed by atoms with E-state index in [9.17, 15) is 10.2 Å². The average Bonchev–Trinajstić information content (AvgIpc) is 2.28. The lowest BCUT2D eigenvalue weighted by atomic mass is 9.83. The Morgan fingerprint density at radius 1 is 1.12 bits per heavy atom. The Bertz CT molecular complexity index is 202. The molecule has 0 heterocycles. The van der Waals surface area contributed by atoms with Gasteiger partial charge < -0.3 is 15.9 Å². The van der Waals surface area contributed by atoms with Gasteiger partial charge in [-0.2, -0.15) is 0 Å². The van der Waals surface area contributed by atoms with Crippen molar-refractivity contribution in [1.29, 1.82) is 0 Å². The molecule has 0 radical (unpaired) electrons. The van der Waals surface area contributed by atoms with Crippen molar-refractivity contribution < 1.29 is 10.2 Å². The average molecular weight is 243 g/mol. The molecule has 0 unspecified atom stereocenters. The summed E-state index contributed by atoms with van der Waals surface area (Å²) in [6.45, 7) is 4.09. The van der Waals surface area contributed by atoms with Gasteiger partial charge in [0.1, 0.15) is 0 Å². The molecule has 3 atom stereocenters. The lowest BCUT2D eigenvalue weighted by molar-refractivity contribution is -0.0117. The van der Waals surface area contributed by atoms with Crippen molar-refractivity contribution in [2.75, 3.05) is 0 Å². The SMILES string of the molecule is CC(C)C[C@H](O)[C@H](O)[C@@H](N)CC1CCCCC1. The Hall–Kier alpha value is -0.120. The first-order chi connectivity index (χ1) is 8.00. The first-order valence-corrected chi connectivity index (χ1v) is 7.12. The van der Waals surface area contributed by atoms with Gasteiger partial charge in [0.15, 0.2) is 0 Å². The molecule has 0 aromatic heterocycles. The van der Waals surface area contributed by atoms with Crippen LogP contribution in [0.2, 0.25) is 0 Å². The van der Waals surface area contributed by atoms with Crippen molar-refractivity contribution in [3.8, 4) is 0 Å². The number of aliphatic hydroxyl groups excluding tert-OH is 2. The highest BCUT2D eigenvalue weighted by molar-refractivity contribution is 4.82. The molecule has 1 aliphatic carbocycles. The fraction of sp³-hybridized carbons (Fsp3) is 1.00. The maximum absolute atomic E-state index is 9.99. The van der Waals surface area contributed by atoms with Crippen LogP contribution in [0.5, 0.6) is 0 Å². The zero-order chi connectivity index (χ0) is 12.8. The van der Waals surface area contributed by atoms with E-state index >= 15 is 0 Å². The second-order valence-electron chi connectivity index (χ2n) is 6.09. The number of aliphatic hydroxyl groups is 2. The number of hydrogen-bond donors (Lipinski definition) is 3. The minimum Gasteiger partial charge on any atom is -0.390 e. The monoisotopic (exact) mass is 243 g/mol. The van der Waals surface area contributed by atoms with Crippen LogP contribution in [0.3, 0.4) is 0 Å². The summed E-state index contributed by atoms with van der Waals surface area (Å²) < 4.78 is 0. The zero-order valence-electron chi connectivity index (χ0n) is 11.3. The Labute approximate surface area is 105 Å². The van der Waals surface area contributed by atoms with Crippen molar-refractivity contribution in [2.24, 2.45) is 17.6 Å². The minimum absolute atomic E-state index is 0.271. The quantitative estimate of drug-likeness (QED) is 0.669. The van der Waals surface area contributed by atoms with Crippen LogP contribution in [-0.2, 0) is 0 Å². The summed E-state index contributed by atoms with van der Waals surface area (Å²) in [6, 6.07) is -0.271. The van der Waals surface area contributed by atoms with E-state index in [-0.39, 0.29) is 6.04 Å². The van der Waals surface area contributed by atoms with E-state index in [1.165, 1.54) is 32.1 Å². The normalized spacial score (nSPS) is 23.6. The summed E-state index contributed by atoms with van der Waals surface area (Å²) in [5, 5.41) is 19.8. The standard InChI is InChI=1S/C14H29NO2/c1-10(2)8-13(16)14(17)12(15)9-11-6-4-3-5-7-11/h10-14,16-17H,3-9,15H2,1-2H3/t12-,13-,14+/m0/s1. The summed E-state index contributed by atoms with van der Waals surface area (Å²) in [4.78, 5) is 0. The second kappa shape index (κ2) is 7.34. The van der Waals surface area contributed by atoms with Gasteiger partial charge in [-0.25, -0.2) is 0 Å². The van der Waals surface area contributed by atoms with Crippen molar-refractivity contribution in [3.05, 3.63) is 0 Å². The molecule has 1 rings (SSSR count). The molecular weight excluding hydrogens is 214 g/mol. The molecule has 0 aliphatic heterocycles. The Balaban J connectivity index is 2.31. The molecule has 3 nitrogen and oxygen atoms in total. The molecule has 1 saturated carbocycles. The smallest absolute Gasteiger partial charge is 0.0949 e. The summed E-state index contributed by atoms with van der Waals surface area (Å²) >= 11 is 0. The van der Waals surface area contributed by atoms with Crippen LogP contribution < -0.4 is 5.73 Å². The van der Waals surface area contributed by atoms with Crippen molar-refractivity contribution in [3.63, 3.8) is 0 Å². The fourth-order valence-electron chi connectivity index (χ4n) is 2.85. The zero-order valence-corrected chi connectivity index (χ0v) is 11.3. The van der Waals surface area contributed by atoms with Gasteiger partial charge in [-0.05, 0) is 24.7 Å². The molecule has 0 saturated heterocycles. The van der Waals surface area contributed by atoms with Gasteiger partial charge in [-0.1, -0.05) is 46.0 Å². The second-order valence-corrected chi connectivity index (χ2v) is 6.09. The molecule has 0 bridgehead atoms. The molecule has 1 fully saturated rings. The molecule has 17 heavy (non-hydrogen) atoms. The third kappa shape index (κ3) is 5.36. The van der Waals surface area contributed by atoms with Crippen LogP contribution in [0.1, 0.15) is 58.8 Å². The molecule has 0 spiro atoms. The van der Waals surface area contributed by atoms with E-state index in [1.807, 2.05) is 13.8 Å². The van der Waals surface area contributed by atoms with Crippen LogP contribution in [0.4, 0.5) is 0 Å². The van der Waals surface area contributed by atoms with Crippen molar-refractivity contribution >= 4 is 0 Å². The van der Waals surface area contributed by atoms with E-state index in [2.05, 4.69) is 0 Å². The van der Waals surface area contributed by atoms with Crippen LogP contribution >= 0.6 is 0 Å². The first-order valence-electron chi connectivity index (χ1n) is 7.12. The molecule has 0 aromatic carbocycles. The highest BCUT2D eigenvalue weighted by Gasteiger charge is 2.26. The molecule has 102 valence electrons. The van der Waals surface area contributed by atoms with Crippen molar-refractivity contribution in [1.82, 2.24) is 0 Å². The van der Waals surface area contributed by atoms with E-state index in [1.54, 1.807) is 0 Å². The predicted molar refractivity (Wildman–Crippen MR) is 70.6 cm³/mol. The van der Waals surface area contributed by atoms with E-state index in [0.717, 1.165) is 6.42 Å². The maximum Gasteiger partial charge on any atom is 0.0949 e. The lowest BCUT2D eigenvalue weighted by Gasteiger charge is -2.29. The largest absolute Gasteiger partial charge is 0.390 e. The lowest BCUT2D eigenvalue weighted by Crippen LogP contribution is -2.44. The third-order valence-corrected chi connectivity index (χ3v) is 3.88. The first kappa shape index (κ1) is 14.9. The van der Waals surface area contributed by atoms with Gasteiger partial charge in [0, 0.05) is 6.04 Å². The molecule has 0 aromatic rings. The summed E-state index contributed by atoms with van der Waals surface area (Å²) in [5.41, 5.74) is 6.01. The van der Waals surface area contributed by atoms with Gasteiger partial charge in [0.2, 0.25) is 0 Å². The molecular formula is C14H29NO2. The van der Waals surface area contributed by atoms with Gasteiger partial charge in [0.25, 0.3) is 0 Å². The van der Waals surface area contributed by atoms with Crippen molar-refractivity contribution in [2.45, 2.75) is 77.0 Å². The van der Waals surface area contributed by atoms with Crippen LogP contribution in [-0.4, -0.2) is 28.5 Å². The molecule has 1 aliphatic rings. The van der Waals surface area contributed by atoms with Gasteiger partial charge in [0.05, 0.1) is 12.2 Å². The van der Waals surface area contributed by atoms with E-state index in [0.29, 0.717) is 18.3 Å². The summed E-state index contributed by atoms with van der Waals surface area (Å²) in [7, 11) is 0. The Morgan fingerprint density at radius 3 is 2.24 bits per heavy atom. The summed E-state index contributed by atoms with van der Waals surface area (Å²) in [5.74, 6) is 1.04. The predicted octanol–water partition coefficient (Wildman–Crippen LogP) is 2.05. The van der Waals surface area contributed by atoms with Gasteiger partial charge in [-0.3, -0.25) is 0 Å². The van der Waals surface area contributed by atoms with E-state index in [4.69, 9.17) is 5.73 Å². The number of rotatable bonds is 6. The molecule has 3 heteroatoms. The van der Waals surface area contributed by atoms with Crippen LogP contribution in [0, 0.1) is 11.8 Å². The summed E-state index contributed by atoms with van der Waals surface area (Å²) in [6.07, 6.45) is 6.44. The minimum atomic E-state index is -0.765. The van der Waals surface area contributed by atoms with Crippen LogP contribution in [0.25, 0.3) is 0 Å². The number of hydrogen-bond acceptors (Lipinski definition) is 3. The fourth-order valence-corrected chi connectivity index (χ4v) is 2.85. The Kier molecular flexibility index (Phi) is 6.45. The topological polar surface area (TPSA) is 66.5 Å². The highest BCUT2D eigenvalue weighted by atomic mass is 16.3. The maximum atomic E-state index is 9.99. The van der Waals surface area contributed by atoms with Gasteiger partial charge >= 0.3 is 0 Å². The number of nitrogens with two attached hydrogens (primary N) is 1. The molecule has 0 amide bonds. The van der Waals surface area contributed by atoms with Gasteiger partial charge in [-0.15, -0.1) is 0 Å². The Morgan fingerprint density at radius 2 is 1.71 bits per heavy atom. The van der Waals surface area contributed by atoms with Crippen LogP contribution in [0.15, 0.2) is 0 Å². The highest BCUT2D eigenvalue weighted by Crippen LogP contribution is 2.28.